The molecule has 0 bridgehead atoms. The van der Waals surface area contributed by atoms with Crippen molar-refractivity contribution in [1.29, 1.82) is 0 Å². The molecule has 1 saturated heterocycles. The van der Waals surface area contributed by atoms with E-state index < -0.39 is 23.9 Å². The van der Waals surface area contributed by atoms with Crippen LogP contribution in [-0.4, -0.2) is 34.1 Å². The molecule has 1 aromatic heterocycles. The van der Waals surface area contributed by atoms with Crippen LogP contribution < -0.4 is 4.74 Å². The molecule has 6 nitrogen and oxygen atoms in total. The average molecular weight is 429 g/mol. The highest BCUT2D eigenvalue weighted by molar-refractivity contribution is 5.89. The number of likely N-dealkylation sites (tertiary alicyclic amines) is 1. The van der Waals surface area contributed by atoms with Crippen molar-refractivity contribution in [2.45, 2.75) is 30.9 Å². The number of carbonyl (C=O) groups is 1. The number of halogens is 3. The van der Waals surface area contributed by atoms with Crippen LogP contribution in [0.4, 0.5) is 13.2 Å². The van der Waals surface area contributed by atoms with E-state index in [9.17, 15) is 18.0 Å². The number of carbonyl (C=O) groups excluding carboxylic acids is 1. The SMILES string of the molecule is O=C(C1c2ccccc2Oc2ccccc21)N1CCC[C@@H](c2nnc(C(F)(F)F)o2)C1. The molecule has 1 atom stereocenters. The van der Waals surface area contributed by atoms with Gasteiger partial charge in [0, 0.05) is 24.2 Å². The summed E-state index contributed by atoms with van der Waals surface area (Å²) in [5, 5.41) is 6.71. The zero-order valence-electron chi connectivity index (χ0n) is 16.3. The summed E-state index contributed by atoms with van der Waals surface area (Å²) in [4.78, 5) is 15.3. The summed E-state index contributed by atoms with van der Waals surface area (Å²) in [6.45, 7) is 0.733. The molecule has 160 valence electrons. The lowest BCUT2D eigenvalue weighted by Gasteiger charge is -2.36. The zero-order valence-corrected chi connectivity index (χ0v) is 16.3. The van der Waals surface area contributed by atoms with E-state index in [1.807, 2.05) is 48.5 Å². The summed E-state index contributed by atoms with van der Waals surface area (Å²) in [5.74, 6) is -1.31. The number of hydrogen-bond donors (Lipinski definition) is 0. The van der Waals surface area contributed by atoms with Gasteiger partial charge < -0.3 is 14.1 Å². The van der Waals surface area contributed by atoms with Gasteiger partial charge in [0.2, 0.25) is 11.8 Å². The highest BCUT2D eigenvalue weighted by Gasteiger charge is 2.41. The predicted molar refractivity (Wildman–Crippen MR) is 103 cm³/mol. The van der Waals surface area contributed by atoms with Crippen molar-refractivity contribution in [1.82, 2.24) is 15.1 Å². The fourth-order valence-corrected chi connectivity index (χ4v) is 4.25. The third-order valence-electron chi connectivity index (χ3n) is 5.69. The molecule has 0 N–H and O–H groups in total. The highest BCUT2D eigenvalue weighted by atomic mass is 19.4. The number of aromatic nitrogens is 2. The van der Waals surface area contributed by atoms with Crippen molar-refractivity contribution < 1.29 is 27.1 Å². The van der Waals surface area contributed by atoms with Crippen LogP contribution in [0.25, 0.3) is 0 Å². The number of nitrogens with zero attached hydrogens (tertiary/aromatic N) is 3. The lowest BCUT2D eigenvalue weighted by molar-refractivity contribution is -0.157. The molecule has 0 unspecified atom stereocenters. The minimum Gasteiger partial charge on any atom is -0.457 e. The van der Waals surface area contributed by atoms with Crippen LogP contribution in [0.5, 0.6) is 11.5 Å². The molecule has 31 heavy (non-hydrogen) atoms. The van der Waals surface area contributed by atoms with Gasteiger partial charge in [-0.1, -0.05) is 36.4 Å². The Kier molecular flexibility index (Phi) is 4.68. The molecule has 2 aromatic carbocycles. The topological polar surface area (TPSA) is 68.5 Å². The summed E-state index contributed by atoms with van der Waals surface area (Å²) in [6, 6.07) is 14.8. The highest BCUT2D eigenvalue weighted by Crippen LogP contribution is 2.45. The Labute approximate surface area is 175 Å². The fraction of sp³-hybridized carbons (Fsp3) is 0.318. The Bertz CT molecular complexity index is 1080. The second-order valence-corrected chi connectivity index (χ2v) is 7.68. The van der Waals surface area contributed by atoms with Gasteiger partial charge >= 0.3 is 12.1 Å². The van der Waals surface area contributed by atoms with E-state index in [0.29, 0.717) is 30.9 Å². The maximum Gasteiger partial charge on any atom is 0.470 e. The minimum absolute atomic E-state index is 0.0856. The Hall–Kier alpha value is -3.36. The van der Waals surface area contributed by atoms with Gasteiger partial charge in [-0.05, 0) is 25.0 Å². The molecule has 1 amide bonds. The van der Waals surface area contributed by atoms with E-state index in [4.69, 9.17) is 9.15 Å². The molecule has 1 fully saturated rings. The third kappa shape index (κ3) is 3.54. The van der Waals surface area contributed by atoms with Gasteiger partial charge in [-0.2, -0.15) is 13.2 Å². The number of rotatable bonds is 2. The van der Waals surface area contributed by atoms with Gasteiger partial charge in [-0.15, -0.1) is 10.2 Å². The zero-order chi connectivity index (χ0) is 21.6. The quantitative estimate of drug-likeness (QED) is 0.589. The van der Waals surface area contributed by atoms with Crippen molar-refractivity contribution in [3.63, 3.8) is 0 Å². The number of benzene rings is 2. The molecule has 2 aliphatic heterocycles. The van der Waals surface area contributed by atoms with E-state index in [-0.39, 0.29) is 18.3 Å². The second kappa shape index (κ2) is 7.40. The Morgan fingerprint density at radius 2 is 1.65 bits per heavy atom. The Morgan fingerprint density at radius 3 is 2.26 bits per heavy atom. The van der Waals surface area contributed by atoms with Crippen LogP contribution in [0.15, 0.2) is 52.9 Å². The van der Waals surface area contributed by atoms with Crippen LogP contribution >= 0.6 is 0 Å². The molecule has 0 radical (unpaired) electrons. The summed E-state index contributed by atoms with van der Waals surface area (Å²) in [6.07, 6.45) is -3.48. The first-order valence-corrected chi connectivity index (χ1v) is 9.97. The molecule has 3 aromatic rings. The van der Waals surface area contributed by atoms with Crippen LogP contribution in [0.2, 0.25) is 0 Å². The number of alkyl halides is 3. The Morgan fingerprint density at radius 1 is 1.00 bits per heavy atom. The fourth-order valence-electron chi connectivity index (χ4n) is 4.25. The number of amides is 1. The second-order valence-electron chi connectivity index (χ2n) is 7.68. The molecule has 2 aliphatic rings. The summed E-state index contributed by atoms with van der Waals surface area (Å²) >= 11 is 0. The van der Waals surface area contributed by atoms with E-state index in [1.54, 1.807) is 4.90 Å². The minimum atomic E-state index is -4.69. The Balaban J connectivity index is 1.44. The van der Waals surface area contributed by atoms with Crippen LogP contribution in [0.1, 0.15) is 47.6 Å². The molecule has 0 aliphatic carbocycles. The molecule has 3 heterocycles. The van der Waals surface area contributed by atoms with E-state index in [2.05, 4.69) is 10.2 Å². The predicted octanol–water partition coefficient (Wildman–Crippen LogP) is 4.73. The van der Waals surface area contributed by atoms with Crippen LogP contribution in [0, 0.1) is 0 Å². The van der Waals surface area contributed by atoms with Gasteiger partial charge in [0.15, 0.2) is 0 Å². The molecule has 9 heteroatoms. The lowest BCUT2D eigenvalue weighted by Crippen LogP contribution is -2.42. The van der Waals surface area contributed by atoms with Crippen molar-refractivity contribution >= 4 is 5.91 Å². The summed E-state index contributed by atoms with van der Waals surface area (Å²) in [7, 11) is 0. The van der Waals surface area contributed by atoms with Crippen molar-refractivity contribution in [3.8, 4) is 11.5 Å². The summed E-state index contributed by atoms with van der Waals surface area (Å²) < 4.78 is 49.3. The number of fused-ring (bicyclic) bond motifs is 2. The van der Waals surface area contributed by atoms with Gasteiger partial charge in [0.1, 0.15) is 11.5 Å². The number of piperidine rings is 1. The number of hydrogen-bond acceptors (Lipinski definition) is 5. The van der Waals surface area contributed by atoms with Crippen LogP contribution in [0.3, 0.4) is 0 Å². The number of para-hydroxylation sites is 2. The molecule has 0 spiro atoms. The van der Waals surface area contributed by atoms with Gasteiger partial charge in [0.05, 0.1) is 11.8 Å². The van der Waals surface area contributed by atoms with Gasteiger partial charge in [-0.25, -0.2) is 0 Å². The lowest BCUT2D eigenvalue weighted by atomic mass is 9.86. The summed E-state index contributed by atoms with van der Waals surface area (Å²) in [5.41, 5.74) is 1.54. The van der Waals surface area contributed by atoms with Gasteiger partial charge in [-0.3, -0.25) is 4.79 Å². The molecule has 0 saturated carbocycles. The monoisotopic (exact) mass is 429 g/mol. The maximum atomic E-state index is 13.6. The van der Waals surface area contributed by atoms with E-state index >= 15 is 0 Å². The first-order chi connectivity index (χ1) is 14.9. The smallest absolute Gasteiger partial charge is 0.457 e. The number of ether oxygens (including phenoxy) is 1. The first-order valence-electron chi connectivity index (χ1n) is 9.97. The van der Waals surface area contributed by atoms with Crippen molar-refractivity contribution in [2.24, 2.45) is 0 Å². The molecular weight excluding hydrogens is 411 g/mol. The van der Waals surface area contributed by atoms with Crippen LogP contribution in [-0.2, 0) is 11.0 Å². The third-order valence-corrected chi connectivity index (χ3v) is 5.69. The maximum absolute atomic E-state index is 13.6. The average Bonchev–Trinajstić information content (AvgIpc) is 3.28. The van der Waals surface area contributed by atoms with Gasteiger partial charge in [0.25, 0.3) is 0 Å². The van der Waals surface area contributed by atoms with E-state index in [0.717, 1.165) is 11.1 Å². The molecular formula is C22H18F3N3O3. The standard InChI is InChI=1S/C22H18F3N3O3/c23-22(24,25)21-27-26-19(31-21)13-6-5-11-28(12-13)20(29)18-14-7-1-3-9-16(14)30-17-10-4-2-8-15(17)18/h1-4,7-10,13,18H,5-6,11-12H2/t13-/m1/s1. The largest absolute Gasteiger partial charge is 0.470 e. The first kappa shape index (κ1) is 19.6. The molecule has 5 rings (SSSR count). The normalized spacial score (nSPS) is 18.8. The van der Waals surface area contributed by atoms with Crippen molar-refractivity contribution in [2.75, 3.05) is 13.1 Å². The van der Waals surface area contributed by atoms with E-state index in [1.165, 1.54) is 0 Å². The van der Waals surface area contributed by atoms with Crippen molar-refractivity contribution in [3.05, 3.63) is 71.4 Å².